The number of nitrogens with one attached hydrogen (secondary N) is 1. The van der Waals surface area contributed by atoms with Crippen LogP contribution in [0, 0.1) is 0 Å². The number of rotatable bonds is 3. The molecule has 0 saturated carbocycles. The quantitative estimate of drug-likeness (QED) is 0.807. The Labute approximate surface area is 112 Å². The van der Waals surface area contributed by atoms with E-state index in [4.69, 9.17) is 15.2 Å². The Bertz CT molecular complexity index is 583. The molecule has 6 nitrogen and oxygen atoms in total. The largest absolute Gasteiger partial charge is 0.504 e. The molecule has 0 aliphatic carbocycles. The predicted octanol–water partition coefficient (Wildman–Crippen LogP) is 2.14. The standard InChI is InChI=1S/C11H12BrN3O3/c1-17-7-3-6(12)8(9(16)10(7)18-2)5-4-14-15-11(5)13/h3-4,16H,1-2H3,(H3,13,14,15). The van der Waals surface area contributed by atoms with Crippen LogP contribution in [0.15, 0.2) is 16.7 Å². The van der Waals surface area contributed by atoms with Gasteiger partial charge in [0.2, 0.25) is 5.75 Å². The predicted molar refractivity (Wildman–Crippen MR) is 70.9 cm³/mol. The van der Waals surface area contributed by atoms with Crippen molar-refractivity contribution in [2.45, 2.75) is 0 Å². The number of phenols is 1. The lowest BCUT2D eigenvalue weighted by atomic mass is 10.1. The van der Waals surface area contributed by atoms with Gasteiger partial charge in [0, 0.05) is 15.6 Å². The van der Waals surface area contributed by atoms with Gasteiger partial charge in [0.15, 0.2) is 11.5 Å². The van der Waals surface area contributed by atoms with E-state index in [0.717, 1.165) is 0 Å². The Morgan fingerprint density at radius 2 is 2.11 bits per heavy atom. The van der Waals surface area contributed by atoms with Gasteiger partial charge in [-0.05, 0) is 22.0 Å². The Kier molecular flexibility index (Phi) is 3.33. The summed E-state index contributed by atoms with van der Waals surface area (Å²) in [7, 11) is 2.95. The van der Waals surface area contributed by atoms with Crippen LogP contribution in [-0.4, -0.2) is 29.5 Å². The summed E-state index contributed by atoms with van der Waals surface area (Å²) in [6.07, 6.45) is 1.53. The van der Waals surface area contributed by atoms with E-state index < -0.39 is 0 Å². The summed E-state index contributed by atoms with van der Waals surface area (Å²) in [4.78, 5) is 0. The number of nitrogens with two attached hydrogens (primary N) is 1. The molecule has 0 spiro atoms. The number of ether oxygens (including phenoxy) is 2. The Balaban J connectivity index is 2.73. The molecule has 1 aromatic heterocycles. The van der Waals surface area contributed by atoms with Gasteiger partial charge in [-0.1, -0.05) is 0 Å². The Morgan fingerprint density at radius 1 is 1.39 bits per heavy atom. The smallest absolute Gasteiger partial charge is 0.203 e. The first-order chi connectivity index (χ1) is 8.60. The minimum Gasteiger partial charge on any atom is -0.504 e. The number of hydrogen-bond donors (Lipinski definition) is 3. The monoisotopic (exact) mass is 313 g/mol. The number of methoxy groups -OCH3 is 2. The van der Waals surface area contributed by atoms with E-state index in [1.165, 1.54) is 20.4 Å². The maximum absolute atomic E-state index is 10.2. The Morgan fingerprint density at radius 3 is 2.61 bits per heavy atom. The van der Waals surface area contributed by atoms with Crippen molar-refractivity contribution in [3.63, 3.8) is 0 Å². The molecule has 0 fully saturated rings. The fourth-order valence-corrected chi connectivity index (χ4v) is 2.31. The number of aromatic nitrogens is 2. The summed E-state index contributed by atoms with van der Waals surface area (Å²) < 4.78 is 10.9. The molecule has 1 aromatic carbocycles. The number of benzene rings is 1. The number of halogens is 1. The number of nitrogen functional groups attached to an aromatic ring is 1. The minimum atomic E-state index is -0.0585. The molecule has 0 atom stereocenters. The molecule has 0 saturated heterocycles. The van der Waals surface area contributed by atoms with Gasteiger partial charge >= 0.3 is 0 Å². The molecule has 1 heterocycles. The molecule has 96 valence electrons. The highest BCUT2D eigenvalue weighted by atomic mass is 79.9. The normalized spacial score (nSPS) is 10.4. The first-order valence-corrected chi connectivity index (χ1v) is 5.82. The zero-order valence-corrected chi connectivity index (χ0v) is 11.4. The molecule has 0 aliphatic heterocycles. The lowest BCUT2D eigenvalue weighted by Gasteiger charge is -2.14. The van der Waals surface area contributed by atoms with E-state index in [0.29, 0.717) is 27.2 Å². The third-order valence-electron chi connectivity index (χ3n) is 2.53. The van der Waals surface area contributed by atoms with Crippen LogP contribution in [-0.2, 0) is 0 Å². The highest BCUT2D eigenvalue weighted by Crippen LogP contribution is 2.48. The van der Waals surface area contributed by atoms with Crippen molar-refractivity contribution in [2.24, 2.45) is 0 Å². The highest BCUT2D eigenvalue weighted by Gasteiger charge is 2.21. The van der Waals surface area contributed by atoms with Crippen molar-refractivity contribution in [3.8, 4) is 28.4 Å². The maximum atomic E-state index is 10.2. The van der Waals surface area contributed by atoms with Crippen molar-refractivity contribution >= 4 is 21.7 Å². The lowest BCUT2D eigenvalue weighted by Crippen LogP contribution is -1.95. The van der Waals surface area contributed by atoms with Gasteiger partial charge in [-0.25, -0.2) is 0 Å². The average Bonchev–Trinajstić information content (AvgIpc) is 2.75. The topological polar surface area (TPSA) is 93.4 Å². The van der Waals surface area contributed by atoms with E-state index in [1.54, 1.807) is 6.07 Å². The summed E-state index contributed by atoms with van der Waals surface area (Å²) in [6, 6.07) is 1.69. The van der Waals surface area contributed by atoms with Crippen molar-refractivity contribution in [1.82, 2.24) is 10.2 Å². The fraction of sp³-hybridized carbons (Fsp3) is 0.182. The SMILES string of the molecule is COc1cc(Br)c(-c2cn[nH]c2N)c(O)c1OC. The number of phenolic OH excluding ortho intramolecular Hbond substituents is 1. The van der Waals surface area contributed by atoms with E-state index in [9.17, 15) is 5.11 Å². The van der Waals surface area contributed by atoms with Gasteiger partial charge in [-0.2, -0.15) is 5.10 Å². The molecule has 18 heavy (non-hydrogen) atoms. The van der Waals surface area contributed by atoms with Crippen molar-refractivity contribution < 1.29 is 14.6 Å². The highest BCUT2D eigenvalue weighted by molar-refractivity contribution is 9.10. The fourth-order valence-electron chi connectivity index (χ4n) is 1.70. The third-order valence-corrected chi connectivity index (χ3v) is 3.16. The van der Waals surface area contributed by atoms with Crippen LogP contribution in [0.5, 0.6) is 17.2 Å². The molecule has 0 unspecified atom stereocenters. The third kappa shape index (κ3) is 1.86. The number of aromatic amines is 1. The van der Waals surface area contributed by atoms with Crippen LogP contribution in [0.4, 0.5) is 5.82 Å². The van der Waals surface area contributed by atoms with E-state index >= 15 is 0 Å². The van der Waals surface area contributed by atoms with Crippen molar-refractivity contribution in [1.29, 1.82) is 0 Å². The maximum Gasteiger partial charge on any atom is 0.203 e. The molecule has 0 bridgehead atoms. The molecular weight excluding hydrogens is 302 g/mol. The first kappa shape index (κ1) is 12.6. The van der Waals surface area contributed by atoms with Crippen molar-refractivity contribution in [3.05, 3.63) is 16.7 Å². The Hall–Kier alpha value is -1.89. The second-order valence-corrected chi connectivity index (χ2v) is 4.37. The molecule has 2 aromatic rings. The average molecular weight is 314 g/mol. The van der Waals surface area contributed by atoms with Gasteiger partial charge in [0.25, 0.3) is 0 Å². The summed E-state index contributed by atoms with van der Waals surface area (Å²) in [6.45, 7) is 0. The van der Waals surface area contributed by atoms with Gasteiger partial charge in [-0.15, -0.1) is 0 Å². The van der Waals surface area contributed by atoms with Crippen LogP contribution in [0.25, 0.3) is 11.1 Å². The van der Waals surface area contributed by atoms with Gasteiger partial charge < -0.3 is 20.3 Å². The summed E-state index contributed by atoms with van der Waals surface area (Å²) in [5, 5.41) is 16.7. The van der Waals surface area contributed by atoms with Crippen LogP contribution in [0.2, 0.25) is 0 Å². The lowest BCUT2D eigenvalue weighted by molar-refractivity contribution is 0.333. The molecular formula is C11H12BrN3O3. The second kappa shape index (κ2) is 4.77. The number of aromatic hydroxyl groups is 1. The molecule has 0 amide bonds. The zero-order chi connectivity index (χ0) is 13.3. The number of nitrogens with zero attached hydrogens (tertiary/aromatic N) is 1. The molecule has 7 heteroatoms. The minimum absolute atomic E-state index is 0.0585. The molecule has 4 N–H and O–H groups in total. The molecule has 0 radical (unpaired) electrons. The van der Waals surface area contributed by atoms with Gasteiger partial charge in [-0.3, -0.25) is 5.10 Å². The van der Waals surface area contributed by atoms with E-state index in [2.05, 4.69) is 26.1 Å². The number of H-pyrrole nitrogens is 1. The second-order valence-electron chi connectivity index (χ2n) is 3.51. The van der Waals surface area contributed by atoms with Crippen LogP contribution in [0.1, 0.15) is 0 Å². The van der Waals surface area contributed by atoms with Gasteiger partial charge in [0.1, 0.15) is 5.82 Å². The van der Waals surface area contributed by atoms with Crippen LogP contribution in [0.3, 0.4) is 0 Å². The van der Waals surface area contributed by atoms with E-state index in [1.807, 2.05) is 0 Å². The molecule has 2 rings (SSSR count). The molecule has 0 aliphatic rings. The zero-order valence-electron chi connectivity index (χ0n) is 9.82. The van der Waals surface area contributed by atoms with Gasteiger partial charge in [0.05, 0.1) is 20.4 Å². The van der Waals surface area contributed by atoms with Crippen LogP contribution < -0.4 is 15.2 Å². The summed E-state index contributed by atoms with van der Waals surface area (Å²) >= 11 is 3.36. The first-order valence-electron chi connectivity index (χ1n) is 5.02. The number of anilines is 1. The summed E-state index contributed by atoms with van der Waals surface area (Å²) in [5.41, 5.74) is 6.83. The number of hydrogen-bond acceptors (Lipinski definition) is 5. The van der Waals surface area contributed by atoms with E-state index in [-0.39, 0.29) is 11.5 Å². The van der Waals surface area contributed by atoms with Crippen LogP contribution >= 0.6 is 15.9 Å². The van der Waals surface area contributed by atoms with Crippen molar-refractivity contribution in [2.75, 3.05) is 20.0 Å². The summed E-state index contributed by atoms with van der Waals surface area (Å²) in [5.74, 6) is 0.971.